The summed E-state index contributed by atoms with van der Waals surface area (Å²) in [6, 6.07) is 4.22. The minimum Gasteiger partial charge on any atom is -0.396 e. The van der Waals surface area contributed by atoms with Gasteiger partial charge in [0.2, 0.25) is 0 Å². The number of hydrogen-bond donors (Lipinski definition) is 2. The fraction of sp³-hybridized carbons (Fsp3) is 0.222. The van der Waals surface area contributed by atoms with Crippen molar-refractivity contribution in [2.45, 2.75) is 6.42 Å². The van der Waals surface area contributed by atoms with E-state index in [1.54, 1.807) is 6.07 Å². The number of aliphatic hydroxyl groups excluding tert-OH is 1. The van der Waals surface area contributed by atoms with Crippen molar-refractivity contribution in [2.24, 2.45) is 5.73 Å². The summed E-state index contributed by atoms with van der Waals surface area (Å²) in [4.78, 5) is 10.8. The van der Waals surface area contributed by atoms with Gasteiger partial charge in [-0.3, -0.25) is 4.79 Å². The average Bonchev–Trinajstić information content (AvgIpc) is 2.04. The molecular formula is C9H10FNO2. The highest BCUT2D eigenvalue weighted by Crippen LogP contribution is 2.13. The summed E-state index contributed by atoms with van der Waals surface area (Å²) in [5, 5.41) is 8.64. The molecule has 1 amide bonds. The van der Waals surface area contributed by atoms with Gasteiger partial charge in [0.05, 0.1) is 5.56 Å². The number of benzene rings is 1. The first-order valence-electron chi connectivity index (χ1n) is 3.85. The van der Waals surface area contributed by atoms with Crippen LogP contribution >= 0.6 is 0 Å². The van der Waals surface area contributed by atoms with E-state index < -0.39 is 11.7 Å². The van der Waals surface area contributed by atoms with Crippen molar-refractivity contribution in [1.82, 2.24) is 0 Å². The van der Waals surface area contributed by atoms with E-state index in [2.05, 4.69) is 0 Å². The molecule has 1 aromatic rings. The van der Waals surface area contributed by atoms with Crippen LogP contribution in [0.4, 0.5) is 4.39 Å². The third-order valence-electron chi connectivity index (χ3n) is 1.73. The quantitative estimate of drug-likeness (QED) is 0.715. The van der Waals surface area contributed by atoms with E-state index in [0.29, 0.717) is 5.56 Å². The van der Waals surface area contributed by atoms with Gasteiger partial charge < -0.3 is 10.8 Å². The highest BCUT2D eigenvalue weighted by Gasteiger charge is 2.12. The Labute approximate surface area is 75.0 Å². The van der Waals surface area contributed by atoms with Gasteiger partial charge in [0.25, 0.3) is 5.91 Å². The molecule has 0 saturated carbocycles. The molecule has 0 atom stereocenters. The number of nitrogens with two attached hydrogens (primary N) is 1. The molecule has 3 N–H and O–H groups in total. The number of halogens is 1. The topological polar surface area (TPSA) is 63.3 Å². The molecule has 0 aliphatic carbocycles. The molecule has 0 heterocycles. The lowest BCUT2D eigenvalue weighted by molar-refractivity contribution is 0.0995. The fourth-order valence-electron chi connectivity index (χ4n) is 1.17. The van der Waals surface area contributed by atoms with Gasteiger partial charge >= 0.3 is 0 Å². The maximum absolute atomic E-state index is 13.0. The zero-order valence-corrected chi connectivity index (χ0v) is 6.96. The van der Waals surface area contributed by atoms with E-state index >= 15 is 0 Å². The normalized spacial score (nSPS) is 10.0. The highest BCUT2D eigenvalue weighted by molar-refractivity contribution is 5.94. The largest absolute Gasteiger partial charge is 0.396 e. The summed E-state index contributed by atoms with van der Waals surface area (Å²) in [5.74, 6) is -1.44. The van der Waals surface area contributed by atoms with Crippen LogP contribution in [0, 0.1) is 5.82 Å². The molecule has 0 fully saturated rings. The van der Waals surface area contributed by atoms with Crippen molar-refractivity contribution in [3.05, 3.63) is 35.1 Å². The Balaban J connectivity index is 3.17. The highest BCUT2D eigenvalue weighted by atomic mass is 19.1. The van der Waals surface area contributed by atoms with Crippen LogP contribution in [-0.2, 0) is 6.42 Å². The van der Waals surface area contributed by atoms with Crippen molar-refractivity contribution in [3.63, 3.8) is 0 Å². The Morgan fingerprint density at radius 1 is 1.54 bits per heavy atom. The molecular weight excluding hydrogens is 173 g/mol. The molecule has 0 aliphatic heterocycles. The molecule has 1 rings (SSSR count). The van der Waals surface area contributed by atoms with Gasteiger partial charge in [0.1, 0.15) is 5.82 Å². The number of hydrogen-bond acceptors (Lipinski definition) is 2. The van der Waals surface area contributed by atoms with E-state index in [4.69, 9.17) is 10.8 Å². The van der Waals surface area contributed by atoms with E-state index in [1.807, 2.05) is 0 Å². The molecule has 1 aromatic carbocycles. The molecule has 0 bridgehead atoms. The Morgan fingerprint density at radius 2 is 2.23 bits per heavy atom. The molecule has 0 unspecified atom stereocenters. The smallest absolute Gasteiger partial charge is 0.251 e. The number of amides is 1. The molecule has 0 aliphatic rings. The number of rotatable bonds is 3. The number of carbonyl (C=O) groups excluding carboxylic acids is 1. The lowest BCUT2D eigenvalue weighted by Gasteiger charge is -2.05. The van der Waals surface area contributed by atoms with Gasteiger partial charge in [-0.25, -0.2) is 4.39 Å². The van der Waals surface area contributed by atoms with E-state index in [0.717, 1.165) is 0 Å². The van der Waals surface area contributed by atoms with E-state index in [9.17, 15) is 9.18 Å². The first-order valence-corrected chi connectivity index (χ1v) is 3.85. The molecule has 4 heteroatoms. The predicted molar refractivity (Wildman–Crippen MR) is 45.7 cm³/mol. The van der Waals surface area contributed by atoms with Crippen LogP contribution in [-0.4, -0.2) is 17.6 Å². The minimum atomic E-state index is -0.804. The Kier molecular flexibility index (Phi) is 2.97. The SMILES string of the molecule is NC(=O)c1c(F)cccc1CCO. The second kappa shape index (κ2) is 4.00. The third-order valence-corrected chi connectivity index (χ3v) is 1.73. The van der Waals surface area contributed by atoms with Gasteiger partial charge in [0, 0.05) is 6.61 Å². The molecule has 0 radical (unpaired) electrons. The second-order valence-corrected chi connectivity index (χ2v) is 2.61. The maximum atomic E-state index is 13.0. The van der Waals surface area contributed by atoms with Gasteiger partial charge in [-0.05, 0) is 18.1 Å². The zero-order valence-electron chi connectivity index (χ0n) is 6.96. The van der Waals surface area contributed by atoms with Crippen LogP contribution in [0.5, 0.6) is 0 Å². The molecule has 13 heavy (non-hydrogen) atoms. The number of carbonyl (C=O) groups is 1. The van der Waals surface area contributed by atoms with Gasteiger partial charge in [0.15, 0.2) is 0 Å². The third kappa shape index (κ3) is 2.03. The Morgan fingerprint density at radius 3 is 2.77 bits per heavy atom. The van der Waals surface area contributed by atoms with Crippen LogP contribution in [0.3, 0.4) is 0 Å². The summed E-state index contributed by atoms with van der Waals surface area (Å²) in [6.07, 6.45) is 0.232. The standard InChI is InChI=1S/C9H10FNO2/c10-7-3-1-2-6(4-5-12)8(7)9(11)13/h1-3,12H,4-5H2,(H2,11,13). The van der Waals surface area contributed by atoms with Crippen LogP contribution in [0.2, 0.25) is 0 Å². The zero-order chi connectivity index (χ0) is 9.84. The minimum absolute atomic E-state index is 0.128. The van der Waals surface area contributed by atoms with E-state index in [-0.39, 0.29) is 18.6 Å². The van der Waals surface area contributed by atoms with Crippen LogP contribution in [0.25, 0.3) is 0 Å². The Bertz CT molecular complexity index is 325. The van der Waals surface area contributed by atoms with Gasteiger partial charge in [-0.2, -0.15) is 0 Å². The molecule has 70 valence electrons. The number of primary amides is 1. The van der Waals surface area contributed by atoms with E-state index in [1.165, 1.54) is 12.1 Å². The number of aliphatic hydroxyl groups is 1. The molecule has 3 nitrogen and oxygen atoms in total. The maximum Gasteiger partial charge on any atom is 0.251 e. The second-order valence-electron chi connectivity index (χ2n) is 2.61. The molecule has 0 spiro atoms. The Hall–Kier alpha value is -1.42. The van der Waals surface area contributed by atoms with Crippen molar-refractivity contribution >= 4 is 5.91 Å². The fourth-order valence-corrected chi connectivity index (χ4v) is 1.17. The predicted octanol–water partition coefficient (Wildman–Crippen LogP) is 0.459. The summed E-state index contributed by atoms with van der Waals surface area (Å²) < 4.78 is 13.0. The van der Waals surface area contributed by atoms with Crippen LogP contribution < -0.4 is 5.73 Å². The van der Waals surface area contributed by atoms with Crippen LogP contribution in [0.1, 0.15) is 15.9 Å². The summed E-state index contributed by atoms with van der Waals surface area (Å²) in [6.45, 7) is -0.135. The summed E-state index contributed by atoms with van der Waals surface area (Å²) >= 11 is 0. The average molecular weight is 183 g/mol. The van der Waals surface area contributed by atoms with Crippen LogP contribution in [0.15, 0.2) is 18.2 Å². The monoisotopic (exact) mass is 183 g/mol. The van der Waals surface area contributed by atoms with Crippen molar-refractivity contribution < 1.29 is 14.3 Å². The first kappa shape index (κ1) is 9.67. The van der Waals surface area contributed by atoms with Crippen molar-refractivity contribution in [3.8, 4) is 0 Å². The lowest BCUT2D eigenvalue weighted by Crippen LogP contribution is -2.16. The van der Waals surface area contributed by atoms with Crippen molar-refractivity contribution in [1.29, 1.82) is 0 Å². The first-order chi connectivity index (χ1) is 6.16. The van der Waals surface area contributed by atoms with Crippen molar-refractivity contribution in [2.75, 3.05) is 6.61 Å². The lowest BCUT2D eigenvalue weighted by atomic mass is 10.0. The summed E-state index contributed by atoms with van der Waals surface area (Å²) in [5.41, 5.74) is 5.30. The molecule has 0 aromatic heterocycles. The molecule has 0 saturated heterocycles. The van der Waals surface area contributed by atoms with Gasteiger partial charge in [-0.15, -0.1) is 0 Å². The summed E-state index contributed by atoms with van der Waals surface area (Å²) in [7, 11) is 0. The van der Waals surface area contributed by atoms with Gasteiger partial charge in [-0.1, -0.05) is 12.1 Å².